The highest BCUT2D eigenvalue weighted by atomic mass is 19.1. The molecule has 0 bridgehead atoms. The number of aliphatic hydroxyl groups is 2. The average molecular weight is 542 g/mol. The molecule has 1 heterocycles. The van der Waals surface area contributed by atoms with Gasteiger partial charge in [-0.2, -0.15) is 0 Å². The van der Waals surface area contributed by atoms with Crippen LogP contribution in [0.25, 0.3) is 11.1 Å². The van der Waals surface area contributed by atoms with E-state index in [0.717, 1.165) is 5.56 Å². The van der Waals surface area contributed by atoms with Crippen LogP contribution in [-0.4, -0.2) is 29.5 Å². The summed E-state index contributed by atoms with van der Waals surface area (Å²) in [4.78, 5) is 0. The summed E-state index contributed by atoms with van der Waals surface area (Å²) in [5.74, 6) is 0.536. The Morgan fingerprint density at radius 1 is 0.950 bits per heavy atom. The molecule has 1 fully saturated rings. The first-order valence-corrected chi connectivity index (χ1v) is 13.6. The van der Waals surface area contributed by atoms with Crippen molar-refractivity contribution < 1.29 is 28.8 Å². The van der Waals surface area contributed by atoms with Crippen LogP contribution >= 0.6 is 0 Å². The lowest BCUT2D eigenvalue weighted by Gasteiger charge is -2.41. The quantitative estimate of drug-likeness (QED) is 0.253. The second-order valence-corrected chi connectivity index (χ2v) is 10.3. The van der Waals surface area contributed by atoms with Crippen LogP contribution in [-0.2, 0) is 11.2 Å². The SMILES string of the molecule is CCOc1cc(OCC)c2c(c1)O[C@@]1(c3ccc(-c4cc(N)ccc4F)cc3)[C@H](c3ccccc3)C[C@@H](O)[C@@]21O. The summed E-state index contributed by atoms with van der Waals surface area (Å²) in [7, 11) is 0. The largest absolute Gasteiger partial charge is 0.494 e. The Bertz CT molecular complexity index is 1540. The summed E-state index contributed by atoms with van der Waals surface area (Å²) < 4.78 is 33.3. The van der Waals surface area contributed by atoms with Crippen molar-refractivity contribution in [3.63, 3.8) is 0 Å². The van der Waals surface area contributed by atoms with E-state index in [1.54, 1.807) is 30.3 Å². The van der Waals surface area contributed by atoms with Crippen LogP contribution in [0.15, 0.2) is 84.9 Å². The average Bonchev–Trinajstić information content (AvgIpc) is 3.36. The van der Waals surface area contributed by atoms with Crippen LogP contribution in [0.3, 0.4) is 0 Å². The number of rotatable bonds is 7. The number of nitrogens with two attached hydrogens (primary N) is 1. The van der Waals surface area contributed by atoms with Crippen LogP contribution in [0.1, 0.15) is 42.9 Å². The molecule has 40 heavy (non-hydrogen) atoms. The molecule has 1 saturated carbocycles. The predicted molar refractivity (Wildman–Crippen MR) is 151 cm³/mol. The fourth-order valence-electron chi connectivity index (χ4n) is 6.49. The summed E-state index contributed by atoms with van der Waals surface area (Å²) in [6, 6.07) is 24.9. The third-order valence-corrected chi connectivity index (χ3v) is 8.12. The summed E-state index contributed by atoms with van der Waals surface area (Å²) in [5.41, 5.74) is 6.10. The van der Waals surface area contributed by atoms with Gasteiger partial charge in [-0.1, -0.05) is 54.6 Å². The number of hydrogen-bond acceptors (Lipinski definition) is 6. The van der Waals surface area contributed by atoms with Crippen LogP contribution in [0.4, 0.5) is 10.1 Å². The third kappa shape index (κ3) is 3.76. The third-order valence-electron chi connectivity index (χ3n) is 8.12. The molecule has 4 atom stereocenters. The molecule has 0 amide bonds. The number of benzene rings is 4. The van der Waals surface area contributed by atoms with Crippen molar-refractivity contribution >= 4 is 5.69 Å². The minimum absolute atomic E-state index is 0.254. The topological polar surface area (TPSA) is 94.2 Å². The second kappa shape index (κ2) is 9.84. The van der Waals surface area contributed by atoms with E-state index in [9.17, 15) is 14.6 Å². The van der Waals surface area contributed by atoms with Crippen molar-refractivity contribution in [2.24, 2.45) is 0 Å². The molecule has 1 aliphatic carbocycles. The standard InChI is InChI=1S/C33H32FNO5/c1-3-38-24-17-28(39-4-2)31-29(18-24)40-33(26(19-30(36)32(31,33)37)21-8-6-5-7-9-21)22-12-10-20(11-13-22)25-16-23(35)14-15-27(25)34/h5-18,26,30,36-37H,3-4,19,35H2,1-2H3/t26-,30+,32+,33-/m0/s1. The molecule has 0 aromatic heterocycles. The van der Waals surface area contributed by atoms with Gasteiger partial charge in [-0.3, -0.25) is 0 Å². The summed E-state index contributed by atoms with van der Waals surface area (Å²) in [6.07, 6.45) is -0.910. The van der Waals surface area contributed by atoms with E-state index in [1.165, 1.54) is 12.1 Å². The molecule has 206 valence electrons. The van der Waals surface area contributed by atoms with Crippen LogP contribution in [0, 0.1) is 5.82 Å². The van der Waals surface area contributed by atoms with Crippen LogP contribution in [0.5, 0.6) is 17.2 Å². The molecule has 2 aliphatic rings. The Morgan fingerprint density at radius 2 is 1.68 bits per heavy atom. The molecule has 6 rings (SSSR count). The van der Waals surface area contributed by atoms with Gasteiger partial charge < -0.3 is 30.2 Å². The first-order valence-electron chi connectivity index (χ1n) is 13.6. The van der Waals surface area contributed by atoms with Gasteiger partial charge in [0, 0.05) is 29.3 Å². The van der Waals surface area contributed by atoms with E-state index in [0.29, 0.717) is 58.4 Å². The van der Waals surface area contributed by atoms with E-state index >= 15 is 0 Å². The second-order valence-electron chi connectivity index (χ2n) is 10.3. The maximum Gasteiger partial charge on any atom is 0.176 e. The van der Waals surface area contributed by atoms with Crippen molar-refractivity contribution in [1.82, 2.24) is 0 Å². The first kappa shape index (κ1) is 26.2. The zero-order valence-electron chi connectivity index (χ0n) is 22.4. The predicted octanol–water partition coefficient (Wildman–Crippen LogP) is 5.90. The number of anilines is 1. The monoisotopic (exact) mass is 541 g/mol. The summed E-state index contributed by atoms with van der Waals surface area (Å²) in [5, 5.41) is 24.4. The highest BCUT2D eigenvalue weighted by molar-refractivity contribution is 5.69. The highest BCUT2D eigenvalue weighted by Gasteiger charge is 2.73. The lowest BCUT2D eigenvalue weighted by atomic mass is 9.71. The molecule has 4 aromatic rings. The van der Waals surface area contributed by atoms with Gasteiger partial charge in [0.2, 0.25) is 0 Å². The molecule has 6 nitrogen and oxygen atoms in total. The van der Waals surface area contributed by atoms with E-state index in [-0.39, 0.29) is 12.2 Å². The molecule has 0 unspecified atom stereocenters. The van der Waals surface area contributed by atoms with Gasteiger partial charge in [-0.25, -0.2) is 4.39 Å². The fourth-order valence-corrected chi connectivity index (χ4v) is 6.49. The summed E-state index contributed by atoms with van der Waals surface area (Å²) >= 11 is 0. The Labute approximate surface area is 232 Å². The van der Waals surface area contributed by atoms with Gasteiger partial charge in [0.15, 0.2) is 11.2 Å². The Morgan fingerprint density at radius 3 is 2.38 bits per heavy atom. The minimum Gasteiger partial charge on any atom is -0.494 e. The van der Waals surface area contributed by atoms with Gasteiger partial charge >= 0.3 is 0 Å². The summed E-state index contributed by atoms with van der Waals surface area (Å²) in [6.45, 7) is 4.54. The number of aliphatic hydroxyl groups excluding tert-OH is 1. The van der Waals surface area contributed by atoms with Crippen molar-refractivity contribution in [2.75, 3.05) is 18.9 Å². The number of ether oxygens (including phenoxy) is 3. The number of nitrogen functional groups attached to an aromatic ring is 1. The maximum absolute atomic E-state index is 14.7. The van der Waals surface area contributed by atoms with E-state index in [4.69, 9.17) is 19.9 Å². The zero-order chi connectivity index (χ0) is 28.1. The van der Waals surface area contributed by atoms with Crippen molar-refractivity contribution in [1.29, 1.82) is 0 Å². The molecule has 0 radical (unpaired) electrons. The highest BCUT2D eigenvalue weighted by Crippen LogP contribution is 2.68. The molecule has 4 aromatic carbocycles. The molecule has 7 heteroatoms. The molecule has 1 aliphatic heterocycles. The Hall–Kier alpha value is -4.07. The molecular formula is C33H32FNO5. The molecular weight excluding hydrogens is 509 g/mol. The minimum atomic E-state index is -1.85. The van der Waals surface area contributed by atoms with Crippen molar-refractivity contribution in [2.45, 2.75) is 43.5 Å². The van der Waals surface area contributed by atoms with Crippen LogP contribution < -0.4 is 19.9 Å². The maximum atomic E-state index is 14.7. The van der Waals surface area contributed by atoms with E-state index in [2.05, 4.69) is 0 Å². The van der Waals surface area contributed by atoms with Crippen molar-refractivity contribution in [3.8, 4) is 28.4 Å². The normalized spacial score (nSPS) is 24.7. The smallest absolute Gasteiger partial charge is 0.176 e. The number of fused-ring (bicyclic) bond motifs is 3. The molecule has 4 N–H and O–H groups in total. The number of hydrogen-bond donors (Lipinski definition) is 3. The Kier molecular flexibility index (Phi) is 6.44. The van der Waals surface area contributed by atoms with Gasteiger partial charge in [0.1, 0.15) is 23.1 Å². The van der Waals surface area contributed by atoms with E-state index < -0.39 is 23.2 Å². The molecule has 0 saturated heterocycles. The van der Waals surface area contributed by atoms with Gasteiger partial charge in [0.05, 0.1) is 24.9 Å². The lowest BCUT2D eigenvalue weighted by molar-refractivity contribution is -0.150. The first-order chi connectivity index (χ1) is 19.3. The van der Waals surface area contributed by atoms with Gasteiger partial charge in [0.25, 0.3) is 0 Å². The molecule has 0 spiro atoms. The van der Waals surface area contributed by atoms with Crippen molar-refractivity contribution in [3.05, 3.63) is 107 Å². The fraction of sp³-hybridized carbons (Fsp3) is 0.273. The zero-order valence-corrected chi connectivity index (χ0v) is 22.4. The lowest BCUT2D eigenvalue weighted by Crippen LogP contribution is -2.52. The van der Waals surface area contributed by atoms with Gasteiger partial charge in [-0.05, 0) is 55.2 Å². The number of halogens is 1. The van der Waals surface area contributed by atoms with Gasteiger partial charge in [-0.15, -0.1) is 0 Å². The Balaban J connectivity index is 1.57. The van der Waals surface area contributed by atoms with Crippen LogP contribution in [0.2, 0.25) is 0 Å². The van der Waals surface area contributed by atoms with E-state index in [1.807, 2.05) is 56.3 Å².